The molecule has 0 radical (unpaired) electrons. The molecule has 0 N–H and O–H groups in total. The topological polar surface area (TPSA) is 83.0 Å². The lowest BCUT2D eigenvalue weighted by molar-refractivity contribution is 0.813. The highest BCUT2D eigenvalue weighted by Gasteiger charge is 2.13. The van der Waals surface area contributed by atoms with Crippen LogP contribution in [0.3, 0.4) is 0 Å². The van der Waals surface area contributed by atoms with Crippen LogP contribution in [0.5, 0.6) is 0 Å². The molecule has 0 fully saturated rings. The highest BCUT2D eigenvalue weighted by atomic mass is 15.5. The number of anilines is 2. The highest BCUT2D eigenvalue weighted by molar-refractivity contribution is 5.67. The smallest absolute Gasteiger partial charge is 0.199 e. The Balaban J connectivity index is 2.17. The van der Waals surface area contributed by atoms with Gasteiger partial charge in [0, 0.05) is 7.05 Å². The maximum absolute atomic E-state index is 9.15. The zero-order valence-electron chi connectivity index (χ0n) is 10.1. The molecule has 19 heavy (non-hydrogen) atoms. The van der Waals surface area contributed by atoms with Crippen LogP contribution in [0, 0.1) is 11.3 Å². The van der Waals surface area contributed by atoms with E-state index in [1.807, 2.05) is 30.1 Å². The molecular weight excluding hydrogens is 242 g/mol. The van der Waals surface area contributed by atoms with Crippen molar-refractivity contribution in [1.82, 2.24) is 25.0 Å². The molecule has 0 spiro atoms. The lowest BCUT2D eigenvalue weighted by Gasteiger charge is -2.19. The van der Waals surface area contributed by atoms with Crippen LogP contribution in [0.15, 0.2) is 36.7 Å². The van der Waals surface area contributed by atoms with Gasteiger partial charge in [0.15, 0.2) is 11.5 Å². The maximum Gasteiger partial charge on any atom is 0.199 e. The minimum absolute atomic E-state index is 0.554. The Kier molecular flexibility index (Phi) is 2.54. The molecule has 0 aliphatic carbocycles. The molecule has 0 aliphatic rings. The van der Waals surface area contributed by atoms with Crippen molar-refractivity contribution in [2.75, 3.05) is 11.9 Å². The van der Waals surface area contributed by atoms with Crippen LogP contribution < -0.4 is 4.90 Å². The van der Waals surface area contributed by atoms with Gasteiger partial charge >= 0.3 is 0 Å². The first-order valence-electron chi connectivity index (χ1n) is 5.56. The maximum atomic E-state index is 9.15. The molecule has 92 valence electrons. The van der Waals surface area contributed by atoms with Gasteiger partial charge in [0.05, 0.1) is 23.6 Å². The minimum atomic E-state index is 0.554. The zero-order valence-corrected chi connectivity index (χ0v) is 10.1. The number of para-hydroxylation sites is 1. The lowest BCUT2D eigenvalue weighted by Crippen LogP contribution is -2.15. The van der Waals surface area contributed by atoms with Crippen LogP contribution in [0.1, 0.15) is 5.56 Å². The number of rotatable bonds is 2. The molecule has 0 saturated heterocycles. The van der Waals surface area contributed by atoms with Crippen LogP contribution in [-0.4, -0.2) is 32.1 Å². The molecule has 0 unspecified atom stereocenters. The van der Waals surface area contributed by atoms with Crippen LogP contribution in [0.2, 0.25) is 0 Å². The summed E-state index contributed by atoms with van der Waals surface area (Å²) in [6.45, 7) is 0. The summed E-state index contributed by atoms with van der Waals surface area (Å²) >= 11 is 0. The van der Waals surface area contributed by atoms with Gasteiger partial charge in [0.1, 0.15) is 6.07 Å². The second-order valence-corrected chi connectivity index (χ2v) is 3.90. The highest BCUT2D eigenvalue weighted by Crippen LogP contribution is 2.25. The molecule has 0 saturated carbocycles. The predicted molar refractivity (Wildman–Crippen MR) is 67.8 cm³/mol. The first kappa shape index (κ1) is 11.1. The van der Waals surface area contributed by atoms with Crippen molar-refractivity contribution in [2.24, 2.45) is 0 Å². The average molecular weight is 251 g/mol. The Morgan fingerprint density at radius 2 is 2.11 bits per heavy atom. The molecule has 2 heterocycles. The third-order valence-electron chi connectivity index (χ3n) is 2.82. The Morgan fingerprint density at radius 1 is 1.26 bits per heavy atom. The van der Waals surface area contributed by atoms with Crippen molar-refractivity contribution >= 4 is 17.2 Å². The standard InChI is InChI=1S/C12H9N7/c1-18(10-5-3-2-4-9(10)6-13)12-8-14-7-11-15-16-17-19(11)12/h2-5,7-8H,1H3. The van der Waals surface area contributed by atoms with Crippen LogP contribution in [-0.2, 0) is 0 Å². The van der Waals surface area contributed by atoms with Gasteiger partial charge < -0.3 is 4.90 Å². The number of tetrazole rings is 1. The SMILES string of the molecule is CN(c1ccccc1C#N)c1cncc2nnnn12. The lowest BCUT2D eigenvalue weighted by atomic mass is 10.2. The summed E-state index contributed by atoms with van der Waals surface area (Å²) in [5.41, 5.74) is 1.91. The van der Waals surface area contributed by atoms with Crippen LogP contribution in [0.4, 0.5) is 11.5 Å². The fourth-order valence-corrected chi connectivity index (χ4v) is 1.88. The average Bonchev–Trinajstić information content (AvgIpc) is 2.94. The van der Waals surface area contributed by atoms with Gasteiger partial charge in [-0.05, 0) is 22.6 Å². The zero-order chi connectivity index (χ0) is 13.2. The van der Waals surface area contributed by atoms with Crippen LogP contribution >= 0.6 is 0 Å². The van der Waals surface area contributed by atoms with E-state index in [2.05, 4.69) is 26.6 Å². The molecule has 7 nitrogen and oxygen atoms in total. The number of aromatic nitrogens is 5. The van der Waals surface area contributed by atoms with Crippen molar-refractivity contribution < 1.29 is 0 Å². The van der Waals surface area contributed by atoms with Crippen LogP contribution in [0.25, 0.3) is 5.65 Å². The van der Waals surface area contributed by atoms with E-state index in [-0.39, 0.29) is 0 Å². The Hall–Kier alpha value is -3.01. The van der Waals surface area contributed by atoms with Gasteiger partial charge in [-0.15, -0.1) is 5.10 Å². The number of nitrogens with zero attached hydrogens (tertiary/aromatic N) is 7. The molecule has 7 heteroatoms. The first-order chi connectivity index (χ1) is 9.31. The van der Waals surface area contributed by atoms with E-state index in [1.165, 1.54) is 0 Å². The third-order valence-corrected chi connectivity index (χ3v) is 2.82. The van der Waals surface area contributed by atoms with Gasteiger partial charge in [-0.25, -0.2) is 0 Å². The fraction of sp³-hybridized carbons (Fsp3) is 0.0833. The fourth-order valence-electron chi connectivity index (χ4n) is 1.88. The van der Waals surface area contributed by atoms with Gasteiger partial charge in [-0.2, -0.15) is 9.78 Å². The van der Waals surface area contributed by atoms with E-state index in [9.17, 15) is 0 Å². The number of hydrogen-bond acceptors (Lipinski definition) is 6. The number of hydrogen-bond donors (Lipinski definition) is 0. The molecular formula is C12H9N7. The molecule has 2 aromatic heterocycles. The molecule has 3 aromatic rings. The second kappa shape index (κ2) is 4.34. The summed E-state index contributed by atoms with van der Waals surface area (Å²) in [6.07, 6.45) is 3.23. The largest absolute Gasteiger partial charge is 0.327 e. The van der Waals surface area contributed by atoms with Gasteiger partial charge in [-0.1, -0.05) is 12.1 Å². The van der Waals surface area contributed by atoms with Crippen molar-refractivity contribution in [2.45, 2.75) is 0 Å². The Labute approximate surface area is 108 Å². The van der Waals surface area contributed by atoms with Gasteiger partial charge in [-0.3, -0.25) is 4.98 Å². The van der Waals surface area contributed by atoms with E-state index in [0.29, 0.717) is 17.0 Å². The summed E-state index contributed by atoms with van der Waals surface area (Å²) in [5, 5.41) is 20.5. The third kappa shape index (κ3) is 1.75. The predicted octanol–water partition coefficient (Wildman–Crippen LogP) is 1.16. The Morgan fingerprint density at radius 3 is 2.95 bits per heavy atom. The summed E-state index contributed by atoms with van der Waals surface area (Å²) in [7, 11) is 1.84. The summed E-state index contributed by atoms with van der Waals surface area (Å²) in [5.74, 6) is 0.685. The van der Waals surface area contributed by atoms with Gasteiger partial charge in [0.2, 0.25) is 0 Å². The molecule has 0 aliphatic heterocycles. The van der Waals surface area contributed by atoms with Crippen molar-refractivity contribution in [3.63, 3.8) is 0 Å². The van der Waals surface area contributed by atoms with E-state index in [0.717, 1.165) is 5.69 Å². The Bertz CT molecular complexity index is 771. The van der Waals surface area contributed by atoms with Crippen molar-refractivity contribution in [1.29, 1.82) is 5.26 Å². The molecule has 0 atom stereocenters. The number of fused-ring (bicyclic) bond motifs is 1. The van der Waals surface area contributed by atoms with Crippen molar-refractivity contribution in [3.8, 4) is 6.07 Å². The first-order valence-corrected chi connectivity index (χ1v) is 5.56. The number of nitriles is 1. The van der Waals surface area contributed by atoms with E-state index < -0.39 is 0 Å². The summed E-state index contributed by atoms with van der Waals surface area (Å²) < 4.78 is 1.57. The van der Waals surface area contributed by atoms with E-state index in [1.54, 1.807) is 23.0 Å². The number of benzene rings is 1. The van der Waals surface area contributed by atoms with Crippen molar-refractivity contribution in [3.05, 3.63) is 42.2 Å². The normalized spacial score (nSPS) is 10.3. The monoisotopic (exact) mass is 251 g/mol. The minimum Gasteiger partial charge on any atom is -0.327 e. The molecule has 3 rings (SSSR count). The van der Waals surface area contributed by atoms with Gasteiger partial charge in [0.25, 0.3) is 0 Å². The quantitative estimate of drug-likeness (QED) is 0.679. The second-order valence-electron chi connectivity index (χ2n) is 3.90. The molecule has 0 amide bonds. The van der Waals surface area contributed by atoms with E-state index in [4.69, 9.17) is 5.26 Å². The summed E-state index contributed by atoms with van der Waals surface area (Å²) in [6, 6.07) is 9.49. The molecule has 1 aromatic carbocycles. The molecule has 0 bridgehead atoms. The summed E-state index contributed by atoms with van der Waals surface area (Å²) in [4.78, 5) is 5.93. The van der Waals surface area contributed by atoms with E-state index >= 15 is 0 Å².